The van der Waals surface area contributed by atoms with Crippen LogP contribution in [0.5, 0.6) is 0 Å². The Labute approximate surface area is 629 Å². The number of nitrogens with zero attached hydrogens (tertiary/aromatic N) is 18. The van der Waals surface area contributed by atoms with E-state index in [2.05, 4.69) is 324 Å². The molecule has 6 atom stereocenters. The molecule has 0 N–H and O–H groups in total. The molecule has 105 heavy (non-hydrogen) atoms. The quantitative estimate of drug-likeness (QED) is 0.149. The fourth-order valence-electron chi connectivity index (χ4n) is 14.0. The molecule has 546 valence electrons. The molecule has 0 amide bonds. The molecule has 0 aliphatic carbocycles. The summed E-state index contributed by atoms with van der Waals surface area (Å²) in [7, 11) is 12.0. The van der Waals surface area contributed by atoms with Gasteiger partial charge >= 0.3 is 0 Å². The van der Waals surface area contributed by atoms with E-state index in [1.165, 1.54) is 89.1 Å². The molecule has 0 bridgehead atoms. The third kappa shape index (κ3) is 17.3. The summed E-state index contributed by atoms with van der Waals surface area (Å²) in [5.74, 6) is 4.15. The second-order valence-corrected chi connectivity index (χ2v) is 28.6. The minimum atomic E-state index is 0.189. The van der Waals surface area contributed by atoms with E-state index in [4.69, 9.17) is 39.4 Å². The molecule has 6 aliphatic heterocycles. The van der Waals surface area contributed by atoms with Crippen molar-refractivity contribution in [1.29, 1.82) is 0 Å². The lowest BCUT2D eigenvalue weighted by Crippen LogP contribution is -2.35. The average Bonchev–Trinajstić information content (AvgIpc) is 1.70. The van der Waals surface area contributed by atoms with Crippen LogP contribution < -0.4 is 29.4 Å². The predicted molar refractivity (Wildman–Crippen MR) is 436 cm³/mol. The van der Waals surface area contributed by atoms with Gasteiger partial charge in [-0.15, -0.1) is 0 Å². The van der Waals surface area contributed by atoms with Gasteiger partial charge in [0.2, 0.25) is 34.9 Å². The van der Waals surface area contributed by atoms with E-state index in [1.54, 1.807) is 0 Å². The van der Waals surface area contributed by atoms with Gasteiger partial charge in [0.05, 0.1) is 0 Å². The zero-order valence-corrected chi connectivity index (χ0v) is 67.1. The van der Waals surface area contributed by atoms with E-state index in [0.29, 0.717) is 34.9 Å². The van der Waals surface area contributed by atoms with Crippen molar-refractivity contribution in [2.45, 2.75) is 182 Å². The lowest BCUT2D eigenvalue weighted by atomic mass is 10.0. The Bertz CT molecular complexity index is 4670. The lowest BCUT2D eigenvalue weighted by Gasteiger charge is -2.27. The standard InChI is InChI=1S/3C15H19N3.3C14H17N3/c1-10-7-12(3)14(8-11(10)2)18-13(4)17(6)9-15(18)16-5;1-10-7-11(2)12(3)14(8-10)18-13(4)17(6)9-15(18)16-5;1-10-7-11(2)15(12(3)8-10)18-13(4)17(6)9-14(18)16-5;1-10-6-7-13(11(2)8-10)17-12(3)16(5)9-14(17)15-4;1-10-6-7-11(2)13(8-10)17-12(3)16(5)9-14(17)15-4;1-10-7-6-8-11(2)14(10)17-12(3)16(5)9-13(17)15-4/h3*7-9,13H,1-4,6H3;3*6-9,12H,1-3,5H3/t3*13-;3*12-/m000000/s1. The zero-order chi connectivity index (χ0) is 78.1. The van der Waals surface area contributed by atoms with Crippen LogP contribution in [0.3, 0.4) is 0 Å². The largest absolute Gasteiger partial charge is 0.363 e. The van der Waals surface area contributed by atoms with Gasteiger partial charge in [0, 0.05) is 79.5 Å². The zero-order valence-electron chi connectivity index (χ0n) is 67.1. The summed E-state index contributed by atoms with van der Waals surface area (Å²) in [4.78, 5) is 46.8. The van der Waals surface area contributed by atoms with Gasteiger partial charge in [-0.05, 0) is 242 Å². The van der Waals surface area contributed by atoms with Gasteiger partial charge in [0.25, 0.3) is 0 Å². The maximum atomic E-state index is 7.33. The fourth-order valence-corrected chi connectivity index (χ4v) is 14.0. The molecular weight excluding hydrogens is 1300 g/mol. The van der Waals surface area contributed by atoms with E-state index in [0.717, 1.165) is 28.4 Å². The second kappa shape index (κ2) is 34.1. The molecule has 6 aliphatic rings. The summed E-state index contributed by atoms with van der Waals surface area (Å²) in [5.41, 5.74) is 25.4. The molecule has 18 nitrogen and oxygen atoms in total. The fraction of sp³-hybridized carbons (Fsp3) is 0.379. The Hall–Kier alpha value is -11.7. The average molecular weight is 1410 g/mol. The molecule has 0 saturated heterocycles. The van der Waals surface area contributed by atoms with Gasteiger partial charge in [-0.2, -0.15) is 0 Å². The number of benzene rings is 6. The van der Waals surface area contributed by atoms with Gasteiger partial charge in [0.1, 0.15) is 34.1 Å². The van der Waals surface area contributed by atoms with Crippen molar-refractivity contribution in [3.05, 3.63) is 315 Å². The Morgan fingerprint density at radius 2 is 0.514 bits per heavy atom. The minimum Gasteiger partial charge on any atom is -0.363 e. The lowest BCUT2D eigenvalue weighted by molar-refractivity contribution is 0.382. The molecule has 0 spiro atoms. The van der Waals surface area contributed by atoms with Gasteiger partial charge in [-0.1, -0.05) is 117 Å². The molecule has 6 heterocycles. The first-order valence-corrected chi connectivity index (χ1v) is 35.6. The maximum absolute atomic E-state index is 7.33. The van der Waals surface area contributed by atoms with E-state index in [1.807, 2.05) is 79.5 Å². The molecule has 0 saturated carbocycles. The van der Waals surface area contributed by atoms with Crippen molar-refractivity contribution in [1.82, 2.24) is 29.4 Å². The highest BCUT2D eigenvalue weighted by molar-refractivity contribution is 5.69. The number of rotatable bonds is 6. The van der Waals surface area contributed by atoms with Crippen LogP contribution in [0, 0.1) is 143 Å². The molecule has 12 rings (SSSR count). The maximum Gasteiger partial charge on any atom is 0.247 e. The molecule has 6 aromatic rings. The van der Waals surface area contributed by atoms with Crippen LogP contribution >= 0.6 is 0 Å². The van der Waals surface area contributed by atoms with E-state index >= 15 is 0 Å². The Morgan fingerprint density at radius 3 is 0.905 bits per heavy atom. The highest BCUT2D eigenvalue weighted by Gasteiger charge is 2.38. The summed E-state index contributed by atoms with van der Waals surface area (Å²) in [6, 6.07) is 32.0. The number of hydrogen-bond acceptors (Lipinski definition) is 12. The summed E-state index contributed by atoms with van der Waals surface area (Å²) in [6.07, 6.45) is 12.6. The highest BCUT2D eigenvalue weighted by Crippen LogP contribution is 2.40. The predicted octanol–water partition coefficient (Wildman–Crippen LogP) is 19.6. The first-order valence-electron chi connectivity index (χ1n) is 35.6. The summed E-state index contributed by atoms with van der Waals surface area (Å²) >= 11 is 0. The van der Waals surface area contributed by atoms with Crippen molar-refractivity contribution >= 4 is 34.1 Å². The van der Waals surface area contributed by atoms with Crippen molar-refractivity contribution < 1.29 is 0 Å². The first kappa shape index (κ1) is 80.6. The van der Waals surface area contributed by atoms with Crippen LogP contribution in [0.25, 0.3) is 29.1 Å². The van der Waals surface area contributed by atoms with E-state index in [-0.39, 0.29) is 37.0 Å². The van der Waals surface area contributed by atoms with Crippen LogP contribution in [0.4, 0.5) is 34.1 Å². The molecule has 0 unspecified atom stereocenters. The SMILES string of the molecule is [C-]#[N+]C1=CN(C)[C@H](C)N1c1c(C)cc(C)cc1C.[C-]#[N+]C1=CN(C)[C@H](C)N1c1c(C)cccc1C.[C-]#[N+]C1=CN(C)[C@H](C)N1c1cc(C)c(C)cc1C.[C-]#[N+]C1=CN(C)[C@H](C)N1c1cc(C)cc(C)c1C.[C-]#[N+]C1=CN(C)[C@H](C)N1c1cc(C)ccc1C.[C-]#[N+]C1=CN(C)[C@H](C)N1c1ccc(C)cc1C. The normalized spacial score (nSPS) is 19.1. The van der Waals surface area contributed by atoms with Crippen molar-refractivity contribution in [2.75, 3.05) is 71.7 Å². The molecule has 0 aromatic heterocycles. The Kier molecular flexibility index (Phi) is 26.1. The number of aryl methyl sites for hydroxylation is 14. The van der Waals surface area contributed by atoms with Crippen LogP contribution in [0.1, 0.15) is 125 Å². The number of anilines is 6. The molecule has 0 fully saturated rings. The number of hydrogen-bond donors (Lipinski definition) is 0. The van der Waals surface area contributed by atoms with Crippen molar-refractivity contribution in [3.63, 3.8) is 0 Å². The summed E-state index contributed by atoms with van der Waals surface area (Å²) in [6.45, 7) is 88.0. The monoisotopic (exact) mass is 1400 g/mol. The smallest absolute Gasteiger partial charge is 0.247 e. The minimum absolute atomic E-state index is 0.189. The summed E-state index contributed by atoms with van der Waals surface area (Å²) < 4.78 is 0. The van der Waals surface area contributed by atoms with Crippen LogP contribution in [0.15, 0.2) is 163 Å². The molecule has 6 aromatic carbocycles. The second-order valence-electron chi connectivity index (χ2n) is 28.6. The van der Waals surface area contributed by atoms with Gasteiger partial charge in [-0.25, -0.2) is 0 Å². The van der Waals surface area contributed by atoms with E-state index < -0.39 is 0 Å². The molecule has 0 radical (unpaired) electrons. The van der Waals surface area contributed by atoms with Crippen LogP contribution in [0.2, 0.25) is 0 Å². The highest BCUT2D eigenvalue weighted by atomic mass is 15.5. The Morgan fingerprint density at radius 1 is 0.238 bits per heavy atom. The molecule has 18 heteroatoms. The first-order chi connectivity index (χ1) is 49.5. The third-order valence-corrected chi connectivity index (χ3v) is 20.8. The summed E-state index contributed by atoms with van der Waals surface area (Å²) in [5, 5.41) is 0. The van der Waals surface area contributed by atoms with Gasteiger partial charge < -0.3 is 58.5 Å². The van der Waals surface area contributed by atoms with Gasteiger partial charge in [-0.3, -0.25) is 29.4 Å². The third-order valence-electron chi connectivity index (χ3n) is 20.8. The topological polar surface area (TPSA) is 65.0 Å². The van der Waals surface area contributed by atoms with Crippen LogP contribution in [-0.2, 0) is 0 Å². The number of para-hydroxylation sites is 1. The van der Waals surface area contributed by atoms with Crippen molar-refractivity contribution in [2.24, 2.45) is 0 Å². The van der Waals surface area contributed by atoms with Gasteiger partial charge in [0.15, 0.2) is 37.0 Å². The molecular formula is C87H108N18. The van der Waals surface area contributed by atoms with Crippen LogP contribution in [-0.4, -0.2) is 109 Å². The van der Waals surface area contributed by atoms with Crippen molar-refractivity contribution in [3.8, 4) is 0 Å². The van der Waals surface area contributed by atoms with E-state index in [9.17, 15) is 0 Å². The Balaban J connectivity index is 0.000000176.